The molecule has 6 heteroatoms. The van der Waals surface area contributed by atoms with E-state index in [0.717, 1.165) is 16.9 Å². The van der Waals surface area contributed by atoms with Gasteiger partial charge in [-0.2, -0.15) is 0 Å². The Kier molecular flexibility index (Phi) is 6.81. The zero-order valence-electron chi connectivity index (χ0n) is 16.3. The van der Waals surface area contributed by atoms with Gasteiger partial charge < -0.3 is 20.3 Å². The second-order valence-electron chi connectivity index (χ2n) is 6.39. The third-order valence-corrected chi connectivity index (χ3v) is 4.72. The third kappa shape index (κ3) is 5.33. The summed E-state index contributed by atoms with van der Waals surface area (Å²) >= 11 is 5.76. The van der Waals surface area contributed by atoms with Gasteiger partial charge in [0.1, 0.15) is 5.75 Å². The normalized spacial score (nSPS) is 11.2. The van der Waals surface area contributed by atoms with Crippen molar-refractivity contribution >= 4 is 34.8 Å². The van der Waals surface area contributed by atoms with Crippen LogP contribution in [0.5, 0.6) is 5.75 Å². The summed E-state index contributed by atoms with van der Waals surface area (Å²) in [6.07, 6.45) is -0.520. The van der Waals surface area contributed by atoms with E-state index in [0.29, 0.717) is 10.9 Å². The number of hydrogen-bond acceptors (Lipinski definition) is 3. The number of nitrogens with one attached hydrogen (secondary N) is 2. The first-order valence-electron chi connectivity index (χ1n) is 9.28. The number of carbonyl (C=O) groups excluding carboxylic acids is 1. The first-order valence-corrected chi connectivity index (χ1v) is 9.69. The van der Waals surface area contributed by atoms with Crippen molar-refractivity contribution in [1.82, 2.24) is 5.32 Å². The molecular weight excluding hydrogens is 382 g/mol. The van der Waals surface area contributed by atoms with Crippen molar-refractivity contribution in [2.24, 2.45) is 0 Å². The number of thiocarbonyl (C=S) groups is 1. The van der Waals surface area contributed by atoms with Gasteiger partial charge >= 0.3 is 6.09 Å². The van der Waals surface area contributed by atoms with Gasteiger partial charge in [0, 0.05) is 24.5 Å². The Morgan fingerprint density at radius 1 is 0.966 bits per heavy atom. The van der Waals surface area contributed by atoms with Gasteiger partial charge in [-0.3, -0.25) is 0 Å². The van der Waals surface area contributed by atoms with E-state index in [1.54, 1.807) is 18.2 Å². The number of hydrogen-bond donors (Lipinski definition) is 2. The molecule has 5 nitrogen and oxygen atoms in total. The zero-order chi connectivity index (χ0) is 20.6. The Morgan fingerprint density at radius 3 is 2.28 bits per heavy atom. The number of rotatable bonds is 5. The topological polar surface area (TPSA) is 53.6 Å². The maximum Gasteiger partial charge on any atom is 0.412 e. The molecule has 0 aliphatic heterocycles. The van der Waals surface area contributed by atoms with Crippen molar-refractivity contribution < 1.29 is 9.53 Å². The highest BCUT2D eigenvalue weighted by molar-refractivity contribution is 7.80. The average Bonchev–Trinajstić information content (AvgIpc) is 2.75. The molecule has 3 rings (SSSR count). The zero-order valence-corrected chi connectivity index (χ0v) is 17.1. The van der Waals surface area contributed by atoms with Gasteiger partial charge in [-0.15, -0.1) is 0 Å². The summed E-state index contributed by atoms with van der Waals surface area (Å²) < 4.78 is 5.20. The van der Waals surface area contributed by atoms with Crippen LogP contribution in [0.15, 0.2) is 84.9 Å². The number of ether oxygens (including phenoxy) is 1. The number of amides is 1. The molecule has 0 aromatic heterocycles. The molecule has 29 heavy (non-hydrogen) atoms. The van der Waals surface area contributed by atoms with Gasteiger partial charge in [0.25, 0.3) is 0 Å². The van der Waals surface area contributed by atoms with Crippen molar-refractivity contribution in [3.63, 3.8) is 0 Å². The smallest absolute Gasteiger partial charge is 0.410 e. The molecule has 148 valence electrons. The Balaban J connectivity index is 1.86. The highest BCUT2D eigenvalue weighted by Gasteiger charge is 2.20. The highest BCUT2D eigenvalue weighted by atomic mass is 32.1. The molecule has 0 saturated carbocycles. The fourth-order valence-electron chi connectivity index (χ4n) is 2.97. The van der Waals surface area contributed by atoms with Crippen LogP contribution < -0.4 is 20.3 Å². The van der Waals surface area contributed by atoms with Crippen LogP contribution in [0.3, 0.4) is 0 Å². The van der Waals surface area contributed by atoms with Crippen LogP contribution >= 0.6 is 12.2 Å². The molecule has 0 aliphatic rings. The Labute approximate surface area is 176 Å². The molecular formula is C23H23N3O2S. The SMILES string of the molecule is CNC(=O)Oc1cccc(NC(=S)N(c2ccccc2)C(C)c2ccccc2)c1. The van der Waals surface area contributed by atoms with Crippen LogP contribution in [0.2, 0.25) is 0 Å². The molecule has 0 spiro atoms. The van der Waals surface area contributed by atoms with E-state index < -0.39 is 6.09 Å². The van der Waals surface area contributed by atoms with Gasteiger partial charge in [-0.25, -0.2) is 4.79 Å². The Bertz CT molecular complexity index is 964. The van der Waals surface area contributed by atoms with E-state index in [1.807, 2.05) is 54.6 Å². The van der Waals surface area contributed by atoms with Crippen LogP contribution in [0.25, 0.3) is 0 Å². The molecule has 0 fully saturated rings. The number of carbonyl (C=O) groups is 1. The number of benzene rings is 3. The molecule has 1 unspecified atom stereocenters. The maximum atomic E-state index is 11.5. The largest absolute Gasteiger partial charge is 0.412 e. The minimum atomic E-state index is -0.520. The van der Waals surface area contributed by atoms with Crippen LogP contribution in [0, 0.1) is 0 Å². The van der Waals surface area contributed by atoms with Crippen LogP contribution in [0.4, 0.5) is 16.2 Å². The van der Waals surface area contributed by atoms with Gasteiger partial charge in [0.05, 0.1) is 6.04 Å². The summed E-state index contributed by atoms with van der Waals surface area (Å²) in [5.41, 5.74) is 2.87. The van der Waals surface area contributed by atoms with E-state index in [-0.39, 0.29) is 6.04 Å². The maximum absolute atomic E-state index is 11.5. The molecule has 0 radical (unpaired) electrons. The molecule has 0 aliphatic carbocycles. The summed E-state index contributed by atoms with van der Waals surface area (Å²) in [5, 5.41) is 6.25. The predicted octanol–water partition coefficient (Wildman–Crippen LogP) is 5.37. The van der Waals surface area contributed by atoms with E-state index >= 15 is 0 Å². The van der Waals surface area contributed by atoms with Crippen LogP contribution in [0.1, 0.15) is 18.5 Å². The lowest BCUT2D eigenvalue weighted by Gasteiger charge is -2.32. The lowest BCUT2D eigenvalue weighted by atomic mass is 10.1. The van der Waals surface area contributed by atoms with Crippen molar-refractivity contribution in [3.8, 4) is 5.75 Å². The standard InChI is InChI=1S/C23H23N3O2S/c1-17(18-10-5-3-6-11-18)26(20-13-7-4-8-14-20)22(29)25-19-12-9-15-21(16-19)28-23(27)24-2/h3-17H,1-2H3,(H,24,27)(H,25,29). The van der Waals surface area contributed by atoms with Gasteiger partial charge in [-0.1, -0.05) is 54.6 Å². The summed E-state index contributed by atoms with van der Waals surface area (Å²) in [6.45, 7) is 2.11. The molecule has 1 amide bonds. The van der Waals surface area contributed by atoms with E-state index in [4.69, 9.17) is 17.0 Å². The second-order valence-corrected chi connectivity index (χ2v) is 6.78. The fourth-order valence-corrected chi connectivity index (χ4v) is 3.35. The van der Waals surface area contributed by atoms with Gasteiger partial charge in [0.2, 0.25) is 0 Å². The molecule has 1 atom stereocenters. The number of para-hydroxylation sites is 1. The average molecular weight is 406 g/mol. The minimum Gasteiger partial charge on any atom is -0.410 e. The van der Waals surface area contributed by atoms with E-state index in [1.165, 1.54) is 7.05 Å². The van der Waals surface area contributed by atoms with Gasteiger partial charge in [0.15, 0.2) is 5.11 Å². The molecule has 0 heterocycles. The summed E-state index contributed by atoms with van der Waals surface area (Å²) in [5.74, 6) is 0.430. The van der Waals surface area contributed by atoms with E-state index in [2.05, 4.69) is 34.6 Å². The summed E-state index contributed by atoms with van der Waals surface area (Å²) in [7, 11) is 1.52. The first kappa shape index (κ1) is 20.4. The van der Waals surface area contributed by atoms with Crippen molar-refractivity contribution in [2.45, 2.75) is 13.0 Å². The monoisotopic (exact) mass is 405 g/mol. The van der Waals surface area contributed by atoms with Crippen LogP contribution in [-0.4, -0.2) is 18.3 Å². The molecule has 0 saturated heterocycles. The summed E-state index contributed by atoms with van der Waals surface area (Å²) in [4.78, 5) is 13.5. The third-order valence-electron chi connectivity index (χ3n) is 4.42. The molecule has 2 N–H and O–H groups in total. The Morgan fingerprint density at radius 2 is 1.62 bits per heavy atom. The Hall–Kier alpha value is -3.38. The van der Waals surface area contributed by atoms with Crippen molar-refractivity contribution in [1.29, 1.82) is 0 Å². The van der Waals surface area contributed by atoms with Crippen molar-refractivity contribution in [3.05, 3.63) is 90.5 Å². The van der Waals surface area contributed by atoms with Crippen molar-refractivity contribution in [2.75, 3.05) is 17.3 Å². The second kappa shape index (κ2) is 9.71. The molecule has 3 aromatic carbocycles. The summed E-state index contributed by atoms with van der Waals surface area (Å²) in [6, 6.07) is 27.3. The predicted molar refractivity (Wildman–Crippen MR) is 122 cm³/mol. The lowest BCUT2D eigenvalue weighted by Crippen LogP contribution is -2.37. The molecule has 3 aromatic rings. The van der Waals surface area contributed by atoms with Crippen LogP contribution in [-0.2, 0) is 0 Å². The first-order chi connectivity index (χ1) is 14.1. The van der Waals surface area contributed by atoms with Gasteiger partial charge in [-0.05, 0) is 49.0 Å². The quantitative estimate of drug-likeness (QED) is 0.559. The lowest BCUT2D eigenvalue weighted by molar-refractivity contribution is 0.203. The molecule has 0 bridgehead atoms. The minimum absolute atomic E-state index is 0.0175. The van der Waals surface area contributed by atoms with E-state index in [9.17, 15) is 4.79 Å². The number of anilines is 2. The fraction of sp³-hybridized carbons (Fsp3) is 0.130. The number of nitrogens with zero attached hydrogens (tertiary/aromatic N) is 1. The highest BCUT2D eigenvalue weighted by Crippen LogP contribution is 2.28.